The minimum atomic E-state index is -0.179. The van der Waals surface area contributed by atoms with E-state index in [1.54, 1.807) is 11.0 Å². The van der Waals surface area contributed by atoms with Crippen LogP contribution >= 0.6 is 11.6 Å². The molecule has 0 saturated carbocycles. The number of carbonyl (C=O) groups excluding carboxylic acids is 1. The van der Waals surface area contributed by atoms with Crippen LogP contribution in [0.15, 0.2) is 18.2 Å². The zero-order chi connectivity index (χ0) is 13.0. The first-order valence-corrected chi connectivity index (χ1v) is 6.14. The smallest absolute Gasteiger partial charge is 0.257 e. The zero-order valence-electron chi connectivity index (χ0n) is 10.4. The van der Waals surface area contributed by atoms with Gasteiger partial charge in [0.05, 0.1) is 5.56 Å². The van der Waals surface area contributed by atoms with Crippen LogP contribution in [0.4, 0.5) is 0 Å². The zero-order valence-corrected chi connectivity index (χ0v) is 11.2. The van der Waals surface area contributed by atoms with Crippen molar-refractivity contribution in [3.8, 4) is 5.75 Å². The molecule has 0 radical (unpaired) electrons. The molecule has 0 aliphatic rings. The first-order chi connectivity index (χ1) is 7.97. The van der Waals surface area contributed by atoms with Crippen molar-refractivity contribution in [2.75, 3.05) is 6.54 Å². The second-order valence-electron chi connectivity index (χ2n) is 4.25. The van der Waals surface area contributed by atoms with Gasteiger partial charge >= 0.3 is 0 Å². The number of phenols is 1. The van der Waals surface area contributed by atoms with Crippen molar-refractivity contribution >= 4 is 17.5 Å². The van der Waals surface area contributed by atoms with Gasteiger partial charge < -0.3 is 10.0 Å². The predicted octanol–water partition coefficient (Wildman–Crippen LogP) is 3.31. The predicted molar refractivity (Wildman–Crippen MR) is 69.6 cm³/mol. The van der Waals surface area contributed by atoms with E-state index in [1.165, 1.54) is 12.1 Å². The van der Waals surface area contributed by atoms with Crippen LogP contribution in [-0.2, 0) is 0 Å². The minimum absolute atomic E-state index is 0.0267. The molecule has 1 aromatic carbocycles. The van der Waals surface area contributed by atoms with Crippen LogP contribution in [0.1, 0.15) is 37.6 Å². The standard InChI is InChI=1S/C13H18ClNO2/c1-4-7-15(9(2)3)13(17)11-8-10(14)5-6-12(11)16/h5-6,8-9,16H,4,7H2,1-3H3. The van der Waals surface area contributed by atoms with E-state index >= 15 is 0 Å². The molecule has 0 aromatic heterocycles. The number of amides is 1. The number of aromatic hydroxyl groups is 1. The van der Waals surface area contributed by atoms with Gasteiger partial charge in [-0.05, 0) is 38.5 Å². The summed E-state index contributed by atoms with van der Waals surface area (Å²) in [6, 6.07) is 4.61. The van der Waals surface area contributed by atoms with Crippen molar-refractivity contribution in [3.63, 3.8) is 0 Å². The number of nitrogens with zero attached hydrogens (tertiary/aromatic N) is 1. The van der Waals surface area contributed by atoms with Gasteiger partial charge in [0.1, 0.15) is 5.75 Å². The molecular weight excluding hydrogens is 238 g/mol. The van der Waals surface area contributed by atoms with Gasteiger partial charge in [0.2, 0.25) is 0 Å². The number of phenolic OH excluding ortho intramolecular Hbond substituents is 1. The fraction of sp³-hybridized carbons (Fsp3) is 0.462. The van der Waals surface area contributed by atoms with Crippen molar-refractivity contribution in [3.05, 3.63) is 28.8 Å². The maximum Gasteiger partial charge on any atom is 0.257 e. The molecule has 0 unspecified atom stereocenters. The highest BCUT2D eigenvalue weighted by Crippen LogP contribution is 2.23. The summed E-state index contributed by atoms with van der Waals surface area (Å²) in [6.07, 6.45) is 0.880. The van der Waals surface area contributed by atoms with Crippen molar-refractivity contribution in [2.24, 2.45) is 0 Å². The molecule has 1 rings (SSSR count). The number of rotatable bonds is 4. The summed E-state index contributed by atoms with van der Waals surface area (Å²) >= 11 is 5.84. The second kappa shape index (κ2) is 5.92. The van der Waals surface area contributed by atoms with Crippen LogP contribution in [0.3, 0.4) is 0 Å². The summed E-state index contributed by atoms with van der Waals surface area (Å²) in [5.41, 5.74) is 0.264. The lowest BCUT2D eigenvalue weighted by Gasteiger charge is -2.26. The Morgan fingerprint density at radius 3 is 2.65 bits per heavy atom. The number of halogens is 1. The van der Waals surface area contributed by atoms with E-state index in [-0.39, 0.29) is 23.3 Å². The van der Waals surface area contributed by atoms with Gasteiger partial charge in [0.15, 0.2) is 0 Å². The Balaban J connectivity index is 3.04. The molecule has 1 aromatic rings. The van der Waals surface area contributed by atoms with E-state index in [9.17, 15) is 9.90 Å². The summed E-state index contributed by atoms with van der Waals surface area (Å²) in [7, 11) is 0. The largest absolute Gasteiger partial charge is 0.507 e. The van der Waals surface area contributed by atoms with Crippen LogP contribution in [0.25, 0.3) is 0 Å². The Labute approximate surface area is 107 Å². The summed E-state index contributed by atoms with van der Waals surface area (Å²) in [5.74, 6) is -0.206. The molecule has 0 bridgehead atoms. The van der Waals surface area contributed by atoms with Gasteiger partial charge in [-0.2, -0.15) is 0 Å². The van der Waals surface area contributed by atoms with E-state index in [0.717, 1.165) is 6.42 Å². The average molecular weight is 256 g/mol. The highest BCUT2D eigenvalue weighted by molar-refractivity contribution is 6.31. The van der Waals surface area contributed by atoms with Crippen molar-refractivity contribution < 1.29 is 9.90 Å². The molecule has 4 heteroatoms. The first-order valence-electron chi connectivity index (χ1n) is 5.76. The summed E-state index contributed by atoms with van der Waals surface area (Å²) < 4.78 is 0. The summed E-state index contributed by atoms with van der Waals surface area (Å²) in [4.78, 5) is 14.0. The molecule has 0 aliphatic heterocycles. The Morgan fingerprint density at radius 1 is 1.47 bits per heavy atom. The number of hydrogen-bond acceptors (Lipinski definition) is 2. The lowest BCUT2D eigenvalue weighted by atomic mass is 10.1. The summed E-state index contributed by atoms with van der Waals surface area (Å²) in [5, 5.41) is 10.1. The fourth-order valence-electron chi connectivity index (χ4n) is 1.67. The van der Waals surface area contributed by atoms with Crippen LogP contribution in [0, 0.1) is 0 Å². The molecule has 3 nitrogen and oxygen atoms in total. The average Bonchev–Trinajstić information content (AvgIpc) is 2.28. The van der Waals surface area contributed by atoms with Crippen molar-refractivity contribution in [1.82, 2.24) is 4.90 Å². The molecule has 17 heavy (non-hydrogen) atoms. The quantitative estimate of drug-likeness (QED) is 0.897. The number of carbonyl (C=O) groups is 1. The van der Waals surface area contributed by atoms with E-state index in [4.69, 9.17) is 11.6 Å². The van der Waals surface area contributed by atoms with E-state index in [2.05, 4.69) is 0 Å². The highest BCUT2D eigenvalue weighted by Gasteiger charge is 2.20. The topological polar surface area (TPSA) is 40.5 Å². The minimum Gasteiger partial charge on any atom is -0.507 e. The third-order valence-corrected chi connectivity index (χ3v) is 2.77. The van der Waals surface area contributed by atoms with E-state index in [0.29, 0.717) is 11.6 Å². The molecule has 0 atom stereocenters. The normalized spacial score (nSPS) is 10.6. The fourth-order valence-corrected chi connectivity index (χ4v) is 1.84. The molecule has 0 fully saturated rings. The monoisotopic (exact) mass is 255 g/mol. The molecule has 0 aliphatic carbocycles. The van der Waals surface area contributed by atoms with Crippen LogP contribution < -0.4 is 0 Å². The van der Waals surface area contributed by atoms with Gasteiger partial charge in [-0.25, -0.2) is 0 Å². The van der Waals surface area contributed by atoms with E-state index in [1.807, 2.05) is 20.8 Å². The Kier molecular flexibility index (Phi) is 4.82. The van der Waals surface area contributed by atoms with Crippen LogP contribution in [0.5, 0.6) is 5.75 Å². The van der Waals surface area contributed by atoms with Gasteiger partial charge in [-0.15, -0.1) is 0 Å². The molecular formula is C13H18ClNO2. The Bertz CT molecular complexity index is 404. The molecule has 0 saturated heterocycles. The lowest BCUT2D eigenvalue weighted by Crippen LogP contribution is -2.37. The Hall–Kier alpha value is -1.22. The van der Waals surface area contributed by atoms with Crippen LogP contribution in [0.2, 0.25) is 5.02 Å². The first kappa shape index (κ1) is 13.8. The molecule has 1 amide bonds. The van der Waals surface area contributed by atoms with Crippen LogP contribution in [-0.4, -0.2) is 28.5 Å². The lowest BCUT2D eigenvalue weighted by molar-refractivity contribution is 0.0703. The van der Waals surface area contributed by atoms with E-state index < -0.39 is 0 Å². The van der Waals surface area contributed by atoms with Gasteiger partial charge in [0.25, 0.3) is 5.91 Å². The highest BCUT2D eigenvalue weighted by atomic mass is 35.5. The SMILES string of the molecule is CCCN(C(=O)c1cc(Cl)ccc1O)C(C)C. The third kappa shape index (κ3) is 3.37. The maximum absolute atomic E-state index is 12.3. The van der Waals surface area contributed by atoms with Crippen molar-refractivity contribution in [2.45, 2.75) is 33.2 Å². The molecule has 0 heterocycles. The Morgan fingerprint density at radius 2 is 2.12 bits per heavy atom. The molecule has 0 spiro atoms. The molecule has 94 valence electrons. The van der Waals surface area contributed by atoms with Gasteiger partial charge in [-0.3, -0.25) is 4.79 Å². The number of hydrogen-bond donors (Lipinski definition) is 1. The van der Waals surface area contributed by atoms with Crippen molar-refractivity contribution in [1.29, 1.82) is 0 Å². The van der Waals surface area contributed by atoms with Gasteiger partial charge in [0, 0.05) is 17.6 Å². The van der Waals surface area contributed by atoms with Gasteiger partial charge in [-0.1, -0.05) is 18.5 Å². The summed E-state index contributed by atoms with van der Waals surface area (Å²) in [6.45, 7) is 6.59. The molecule has 1 N–H and O–H groups in total. The number of benzene rings is 1. The maximum atomic E-state index is 12.3. The third-order valence-electron chi connectivity index (χ3n) is 2.54. The second-order valence-corrected chi connectivity index (χ2v) is 4.69.